The molecule has 0 fully saturated rings. The van der Waals surface area contributed by atoms with E-state index in [1.165, 1.54) is 0 Å². The maximum absolute atomic E-state index is 11.7. The molecule has 1 atom stereocenters. The Morgan fingerprint density at radius 1 is 1.28 bits per heavy atom. The number of ether oxygens (including phenoxy) is 2. The van der Waals surface area contributed by atoms with Crippen molar-refractivity contribution < 1.29 is 14.3 Å². The van der Waals surface area contributed by atoms with Crippen molar-refractivity contribution in [2.75, 3.05) is 20.8 Å². The SMILES string of the molecule is COCCC(N)C(=O)CCc1ccc(OC)cc1. The fourth-order valence-electron chi connectivity index (χ4n) is 1.65. The molecule has 2 N–H and O–H groups in total. The van der Waals surface area contributed by atoms with Crippen molar-refractivity contribution in [1.29, 1.82) is 0 Å². The molecule has 1 aromatic rings. The number of Topliss-reactive ketones (excluding diaryl/α,β-unsaturated/α-hetero) is 1. The Balaban J connectivity index is 2.37. The highest BCUT2D eigenvalue weighted by atomic mass is 16.5. The van der Waals surface area contributed by atoms with Gasteiger partial charge in [-0.25, -0.2) is 0 Å². The van der Waals surface area contributed by atoms with Gasteiger partial charge in [0, 0.05) is 20.1 Å². The largest absolute Gasteiger partial charge is 0.497 e. The average molecular weight is 251 g/mol. The van der Waals surface area contributed by atoms with Crippen molar-refractivity contribution in [2.45, 2.75) is 25.3 Å². The number of carbonyl (C=O) groups excluding carboxylic acids is 1. The topological polar surface area (TPSA) is 61.5 Å². The molecule has 0 saturated heterocycles. The van der Waals surface area contributed by atoms with Crippen LogP contribution in [0.1, 0.15) is 18.4 Å². The molecule has 0 saturated carbocycles. The van der Waals surface area contributed by atoms with Gasteiger partial charge in [-0.05, 0) is 30.5 Å². The number of aryl methyl sites for hydroxylation is 1. The molecular formula is C14H21NO3. The molecule has 100 valence electrons. The Kier molecular flexibility index (Phi) is 6.39. The van der Waals surface area contributed by atoms with Crippen LogP contribution in [-0.2, 0) is 16.0 Å². The summed E-state index contributed by atoms with van der Waals surface area (Å²) in [6.07, 6.45) is 1.76. The van der Waals surface area contributed by atoms with Gasteiger partial charge in [-0.1, -0.05) is 12.1 Å². The normalized spacial score (nSPS) is 12.2. The Labute approximate surface area is 108 Å². The van der Waals surface area contributed by atoms with Gasteiger partial charge >= 0.3 is 0 Å². The number of nitrogens with two attached hydrogens (primary N) is 1. The monoisotopic (exact) mass is 251 g/mol. The molecule has 0 aromatic heterocycles. The van der Waals surface area contributed by atoms with E-state index in [0.29, 0.717) is 25.9 Å². The Morgan fingerprint density at radius 2 is 1.94 bits per heavy atom. The van der Waals surface area contributed by atoms with Gasteiger partial charge in [0.15, 0.2) is 0 Å². The first-order valence-corrected chi connectivity index (χ1v) is 6.07. The zero-order chi connectivity index (χ0) is 13.4. The van der Waals surface area contributed by atoms with Gasteiger partial charge in [-0.2, -0.15) is 0 Å². The minimum Gasteiger partial charge on any atom is -0.497 e. The molecule has 1 aromatic carbocycles. The quantitative estimate of drug-likeness (QED) is 0.761. The lowest BCUT2D eigenvalue weighted by Crippen LogP contribution is -2.31. The molecule has 4 heteroatoms. The van der Waals surface area contributed by atoms with E-state index in [1.54, 1.807) is 14.2 Å². The van der Waals surface area contributed by atoms with E-state index in [2.05, 4.69) is 0 Å². The molecule has 0 bridgehead atoms. The number of methoxy groups -OCH3 is 2. The van der Waals surface area contributed by atoms with Crippen LogP contribution in [-0.4, -0.2) is 32.7 Å². The summed E-state index contributed by atoms with van der Waals surface area (Å²) in [5.74, 6) is 0.907. The van der Waals surface area contributed by atoms with Crippen LogP contribution in [0.15, 0.2) is 24.3 Å². The van der Waals surface area contributed by atoms with Crippen LogP contribution >= 0.6 is 0 Å². The number of benzene rings is 1. The van der Waals surface area contributed by atoms with Crippen molar-refractivity contribution in [1.82, 2.24) is 0 Å². The zero-order valence-corrected chi connectivity index (χ0v) is 11.0. The molecule has 0 heterocycles. The van der Waals surface area contributed by atoms with E-state index in [-0.39, 0.29) is 5.78 Å². The van der Waals surface area contributed by atoms with Crippen LogP contribution in [0.4, 0.5) is 0 Å². The summed E-state index contributed by atoms with van der Waals surface area (Å²) in [5, 5.41) is 0. The number of carbonyl (C=O) groups is 1. The second kappa shape index (κ2) is 7.84. The van der Waals surface area contributed by atoms with E-state index in [4.69, 9.17) is 15.2 Å². The predicted molar refractivity (Wildman–Crippen MR) is 70.8 cm³/mol. The van der Waals surface area contributed by atoms with E-state index in [0.717, 1.165) is 11.3 Å². The summed E-state index contributed by atoms with van der Waals surface area (Å²) in [6, 6.07) is 7.30. The lowest BCUT2D eigenvalue weighted by Gasteiger charge is -2.09. The van der Waals surface area contributed by atoms with Gasteiger partial charge < -0.3 is 15.2 Å². The lowest BCUT2D eigenvalue weighted by atomic mass is 10.0. The standard InChI is InChI=1S/C14H21NO3/c1-17-10-9-13(15)14(16)8-5-11-3-6-12(18-2)7-4-11/h3-4,6-7,13H,5,8-10,15H2,1-2H3. The lowest BCUT2D eigenvalue weighted by molar-refractivity contribution is -0.120. The summed E-state index contributed by atoms with van der Waals surface area (Å²) in [4.78, 5) is 11.7. The van der Waals surface area contributed by atoms with Crippen molar-refractivity contribution in [2.24, 2.45) is 5.73 Å². The molecule has 18 heavy (non-hydrogen) atoms. The van der Waals surface area contributed by atoms with Gasteiger partial charge in [-0.15, -0.1) is 0 Å². The number of ketones is 1. The molecule has 0 aliphatic heterocycles. The Morgan fingerprint density at radius 3 is 2.50 bits per heavy atom. The zero-order valence-electron chi connectivity index (χ0n) is 11.0. The molecule has 1 rings (SSSR count). The predicted octanol–water partition coefficient (Wildman–Crippen LogP) is 1.56. The van der Waals surface area contributed by atoms with Crippen LogP contribution in [0.3, 0.4) is 0 Å². The summed E-state index contributed by atoms with van der Waals surface area (Å²) in [7, 11) is 3.24. The van der Waals surface area contributed by atoms with Crippen molar-refractivity contribution in [3.8, 4) is 5.75 Å². The summed E-state index contributed by atoms with van der Waals surface area (Å²) in [5.41, 5.74) is 6.88. The van der Waals surface area contributed by atoms with Crippen LogP contribution in [0.2, 0.25) is 0 Å². The van der Waals surface area contributed by atoms with Crippen LogP contribution < -0.4 is 10.5 Å². The van der Waals surface area contributed by atoms with Gasteiger partial charge in [0.25, 0.3) is 0 Å². The average Bonchev–Trinajstić information content (AvgIpc) is 2.42. The van der Waals surface area contributed by atoms with Crippen molar-refractivity contribution in [3.05, 3.63) is 29.8 Å². The molecular weight excluding hydrogens is 230 g/mol. The van der Waals surface area contributed by atoms with Crippen LogP contribution in [0.5, 0.6) is 5.75 Å². The van der Waals surface area contributed by atoms with E-state index >= 15 is 0 Å². The summed E-state index contributed by atoms with van der Waals surface area (Å²) in [6.45, 7) is 0.523. The third-order valence-electron chi connectivity index (χ3n) is 2.87. The molecule has 4 nitrogen and oxygen atoms in total. The fraction of sp³-hybridized carbons (Fsp3) is 0.500. The Hall–Kier alpha value is -1.39. The molecule has 0 aliphatic carbocycles. The first-order chi connectivity index (χ1) is 8.67. The third-order valence-corrected chi connectivity index (χ3v) is 2.87. The maximum atomic E-state index is 11.7. The number of hydrogen-bond acceptors (Lipinski definition) is 4. The highest BCUT2D eigenvalue weighted by Crippen LogP contribution is 2.13. The maximum Gasteiger partial charge on any atom is 0.149 e. The van der Waals surface area contributed by atoms with E-state index in [9.17, 15) is 4.79 Å². The molecule has 0 radical (unpaired) electrons. The second-order valence-corrected chi connectivity index (χ2v) is 4.20. The first-order valence-electron chi connectivity index (χ1n) is 6.07. The number of rotatable bonds is 8. The highest BCUT2D eigenvalue weighted by Gasteiger charge is 2.12. The first kappa shape index (κ1) is 14.7. The summed E-state index contributed by atoms with van der Waals surface area (Å²) < 4.78 is 9.98. The Bertz CT molecular complexity index is 362. The highest BCUT2D eigenvalue weighted by molar-refractivity contribution is 5.83. The number of hydrogen-bond donors (Lipinski definition) is 1. The van der Waals surface area contributed by atoms with E-state index < -0.39 is 6.04 Å². The summed E-state index contributed by atoms with van der Waals surface area (Å²) >= 11 is 0. The van der Waals surface area contributed by atoms with Gasteiger partial charge in [0.1, 0.15) is 11.5 Å². The van der Waals surface area contributed by atoms with Crippen LogP contribution in [0, 0.1) is 0 Å². The van der Waals surface area contributed by atoms with Gasteiger partial charge in [0.2, 0.25) is 0 Å². The minimum atomic E-state index is -0.414. The second-order valence-electron chi connectivity index (χ2n) is 4.20. The molecule has 0 aliphatic rings. The molecule has 0 spiro atoms. The smallest absolute Gasteiger partial charge is 0.149 e. The van der Waals surface area contributed by atoms with Crippen molar-refractivity contribution in [3.63, 3.8) is 0 Å². The van der Waals surface area contributed by atoms with Gasteiger partial charge in [-0.3, -0.25) is 4.79 Å². The molecule has 1 unspecified atom stereocenters. The van der Waals surface area contributed by atoms with Crippen LogP contribution in [0.25, 0.3) is 0 Å². The molecule has 0 amide bonds. The van der Waals surface area contributed by atoms with Gasteiger partial charge in [0.05, 0.1) is 13.2 Å². The van der Waals surface area contributed by atoms with E-state index in [1.807, 2.05) is 24.3 Å². The van der Waals surface area contributed by atoms with Crippen molar-refractivity contribution >= 4 is 5.78 Å². The minimum absolute atomic E-state index is 0.0860. The third kappa shape index (κ3) is 4.85. The fourth-order valence-corrected chi connectivity index (χ4v) is 1.65.